The zero-order chi connectivity index (χ0) is 20.3. The van der Waals surface area contributed by atoms with Gasteiger partial charge in [0, 0.05) is 25.0 Å². The largest absolute Gasteiger partial charge is 0.369 e. The maximum absolute atomic E-state index is 14.7. The highest BCUT2D eigenvalue weighted by Gasteiger charge is 2.22. The van der Waals surface area contributed by atoms with Crippen LogP contribution in [0.3, 0.4) is 0 Å². The van der Waals surface area contributed by atoms with E-state index in [0.29, 0.717) is 11.7 Å². The van der Waals surface area contributed by atoms with E-state index in [4.69, 9.17) is 0 Å². The van der Waals surface area contributed by atoms with Crippen molar-refractivity contribution in [3.8, 4) is 0 Å². The molecule has 0 saturated heterocycles. The van der Waals surface area contributed by atoms with Crippen molar-refractivity contribution in [2.45, 2.75) is 43.0 Å². The molecule has 0 spiro atoms. The molecule has 0 radical (unpaired) electrons. The number of benzene rings is 2. The van der Waals surface area contributed by atoms with Gasteiger partial charge in [-0.1, -0.05) is 31.4 Å². The molecular weight excluding hydrogens is 379 g/mol. The molecule has 1 aliphatic rings. The Morgan fingerprint density at radius 1 is 1.11 bits per heavy atom. The molecule has 0 heterocycles. The number of hydrogen-bond donors (Lipinski definition) is 1. The van der Waals surface area contributed by atoms with E-state index in [1.165, 1.54) is 24.6 Å². The van der Waals surface area contributed by atoms with Crippen LogP contribution in [0.4, 0.5) is 15.8 Å². The van der Waals surface area contributed by atoms with Crippen molar-refractivity contribution >= 4 is 27.1 Å². The monoisotopic (exact) mass is 404 g/mol. The van der Waals surface area contributed by atoms with E-state index in [-0.39, 0.29) is 16.1 Å². The van der Waals surface area contributed by atoms with Crippen molar-refractivity contribution < 1.29 is 17.6 Å². The first-order chi connectivity index (χ1) is 13.3. The number of rotatable bonds is 5. The maximum Gasteiger partial charge on any atom is 0.256 e. The fourth-order valence-corrected chi connectivity index (χ4v) is 4.60. The number of anilines is 2. The predicted molar refractivity (Wildman–Crippen MR) is 109 cm³/mol. The first-order valence-corrected chi connectivity index (χ1v) is 11.3. The molecular formula is C21H25FN2O3S. The molecule has 1 amide bonds. The Morgan fingerprint density at radius 2 is 1.79 bits per heavy atom. The van der Waals surface area contributed by atoms with Gasteiger partial charge in [-0.15, -0.1) is 0 Å². The molecule has 0 aromatic heterocycles. The SMILES string of the molecule is CN(c1ccc(NC(=O)c2ccccc2S(C)(=O)=O)cc1F)C1CCCCC1. The van der Waals surface area contributed by atoms with Crippen LogP contribution in [0.1, 0.15) is 42.5 Å². The Morgan fingerprint density at radius 3 is 2.43 bits per heavy atom. The Bertz CT molecular complexity index is 969. The van der Waals surface area contributed by atoms with Crippen LogP contribution in [0.5, 0.6) is 0 Å². The highest BCUT2D eigenvalue weighted by molar-refractivity contribution is 7.90. The summed E-state index contributed by atoms with van der Waals surface area (Å²) in [7, 11) is -1.65. The second-order valence-electron chi connectivity index (χ2n) is 7.29. The minimum absolute atomic E-state index is 0.0359. The van der Waals surface area contributed by atoms with Gasteiger partial charge in [-0.3, -0.25) is 4.79 Å². The third kappa shape index (κ3) is 4.52. The quantitative estimate of drug-likeness (QED) is 0.809. The summed E-state index contributed by atoms with van der Waals surface area (Å²) in [5.74, 6) is -1.00. The van der Waals surface area contributed by atoms with Crippen LogP contribution >= 0.6 is 0 Å². The van der Waals surface area contributed by atoms with Crippen molar-refractivity contribution in [2.24, 2.45) is 0 Å². The van der Waals surface area contributed by atoms with Crippen LogP contribution in [-0.4, -0.2) is 33.7 Å². The fraction of sp³-hybridized carbons (Fsp3) is 0.381. The first-order valence-electron chi connectivity index (χ1n) is 9.40. The molecule has 7 heteroatoms. The molecule has 1 fully saturated rings. The van der Waals surface area contributed by atoms with Crippen molar-refractivity contribution in [1.82, 2.24) is 0 Å². The third-order valence-electron chi connectivity index (χ3n) is 5.24. The molecule has 2 aromatic carbocycles. The standard InChI is InChI=1S/C21H25FN2O3S/c1-24(16-8-4-3-5-9-16)19-13-12-15(14-18(19)22)23-21(25)17-10-6-7-11-20(17)28(2,26)27/h6-7,10-14,16H,3-5,8-9H2,1-2H3,(H,23,25). The Hall–Kier alpha value is -2.41. The summed E-state index contributed by atoms with van der Waals surface area (Å²) in [6, 6.07) is 10.9. The van der Waals surface area contributed by atoms with Crippen LogP contribution in [0.15, 0.2) is 47.4 Å². The lowest BCUT2D eigenvalue weighted by molar-refractivity contribution is 0.102. The second-order valence-corrected chi connectivity index (χ2v) is 9.28. The molecule has 5 nitrogen and oxygen atoms in total. The van der Waals surface area contributed by atoms with Gasteiger partial charge < -0.3 is 10.2 Å². The van der Waals surface area contributed by atoms with Gasteiger partial charge in [-0.05, 0) is 43.2 Å². The van der Waals surface area contributed by atoms with E-state index in [2.05, 4.69) is 5.32 Å². The van der Waals surface area contributed by atoms with Gasteiger partial charge in [-0.2, -0.15) is 0 Å². The van der Waals surface area contributed by atoms with Gasteiger partial charge in [-0.25, -0.2) is 12.8 Å². The van der Waals surface area contributed by atoms with E-state index in [1.54, 1.807) is 24.3 Å². The molecule has 0 aliphatic heterocycles. The molecule has 2 aromatic rings. The molecule has 1 saturated carbocycles. The normalized spacial score (nSPS) is 15.2. The van der Waals surface area contributed by atoms with Gasteiger partial charge >= 0.3 is 0 Å². The average molecular weight is 405 g/mol. The summed E-state index contributed by atoms with van der Waals surface area (Å²) in [6.45, 7) is 0. The van der Waals surface area contributed by atoms with E-state index in [9.17, 15) is 17.6 Å². The van der Waals surface area contributed by atoms with E-state index in [1.807, 2.05) is 11.9 Å². The van der Waals surface area contributed by atoms with Crippen molar-refractivity contribution in [3.63, 3.8) is 0 Å². The number of carbonyl (C=O) groups excluding carboxylic acids is 1. The van der Waals surface area contributed by atoms with Gasteiger partial charge in [0.15, 0.2) is 9.84 Å². The maximum atomic E-state index is 14.7. The first kappa shape index (κ1) is 20.3. The molecule has 0 unspecified atom stereocenters. The Kier molecular flexibility index (Phi) is 6.03. The zero-order valence-electron chi connectivity index (χ0n) is 16.1. The number of amides is 1. The smallest absolute Gasteiger partial charge is 0.256 e. The average Bonchev–Trinajstić information content (AvgIpc) is 2.67. The number of sulfone groups is 1. The second kappa shape index (κ2) is 8.31. The summed E-state index contributed by atoms with van der Waals surface area (Å²) >= 11 is 0. The predicted octanol–water partition coefficient (Wildman–Crippen LogP) is 4.25. The summed E-state index contributed by atoms with van der Waals surface area (Å²) in [6.07, 6.45) is 6.70. The highest BCUT2D eigenvalue weighted by atomic mass is 32.2. The molecule has 1 aliphatic carbocycles. The lowest BCUT2D eigenvalue weighted by Gasteiger charge is -2.33. The molecule has 0 atom stereocenters. The number of hydrogen-bond acceptors (Lipinski definition) is 4. The lowest BCUT2D eigenvalue weighted by Crippen LogP contribution is -2.33. The molecule has 150 valence electrons. The van der Waals surface area contributed by atoms with Gasteiger partial charge in [0.1, 0.15) is 5.82 Å². The fourth-order valence-electron chi connectivity index (χ4n) is 3.71. The van der Waals surface area contributed by atoms with Crippen LogP contribution in [0.25, 0.3) is 0 Å². The van der Waals surface area contributed by atoms with E-state index >= 15 is 0 Å². The molecule has 28 heavy (non-hydrogen) atoms. The van der Waals surface area contributed by atoms with Crippen molar-refractivity contribution in [3.05, 3.63) is 53.8 Å². The van der Waals surface area contributed by atoms with Crippen molar-refractivity contribution in [2.75, 3.05) is 23.5 Å². The topological polar surface area (TPSA) is 66.5 Å². The molecule has 1 N–H and O–H groups in total. The van der Waals surface area contributed by atoms with Crippen LogP contribution in [-0.2, 0) is 9.84 Å². The summed E-state index contributed by atoms with van der Waals surface area (Å²) in [5, 5.41) is 2.60. The van der Waals surface area contributed by atoms with Crippen molar-refractivity contribution in [1.29, 1.82) is 0 Å². The van der Waals surface area contributed by atoms with Crippen LogP contribution in [0, 0.1) is 5.82 Å². The summed E-state index contributed by atoms with van der Waals surface area (Å²) in [5.41, 5.74) is 0.821. The number of halogens is 1. The molecule has 3 rings (SSSR count). The number of nitrogens with zero attached hydrogens (tertiary/aromatic N) is 1. The van der Waals surface area contributed by atoms with Gasteiger partial charge in [0.2, 0.25) is 0 Å². The number of nitrogens with one attached hydrogen (secondary N) is 1. The van der Waals surface area contributed by atoms with Crippen LogP contribution in [0.2, 0.25) is 0 Å². The zero-order valence-corrected chi connectivity index (χ0v) is 16.9. The third-order valence-corrected chi connectivity index (χ3v) is 6.39. The lowest BCUT2D eigenvalue weighted by atomic mass is 9.94. The summed E-state index contributed by atoms with van der Waals surface area (Å²) < 4.78 is 38.5. The summed E-state index contributed by atoms with van der Waals surface area (Å²) in [4.78, 5) is 14.5. The van der Waals surface area contributed by atoms with Gasteiger partial charge in [0.25, 0.3) is 5.91 Å². The minimum atomic E-state index is -3.55. The Balaban J connectivity index is 1.79. The highest BCUT2D eigenvalue weighted by Crippen LogP contribution is 2.29. The van der Waals surface area contributed by atoms with Crippen LogP contribution < -0.4 is 10.2 Å². The van der Waals surface area contributed by atoms with E-state index in [0.717, 1.165) is 31.9 Å². The Labute approximate surface area is 165 Å². The van der Waals surface area contributed by atoms with Gasteiger partial charge in [0.05, 0.1) is 16.1 Å². The number of carbonyl (C=O) groups is 1. The minimum Gasteiger partial charge on any atom is -0.369 e. The van der Waals surface area contributed by atoms with E-state index < -0.39 is 21.6 Å². The molecule has 0 bridgehead atoms.